The third-order valence-corrected chi connectivity index (χ3v) is 6.80. The number of hydrogen-bond donors (Lipinski definition) is 1. The Morgan fingerprint density at radius 3 is 2.70 bits per heavy atom. The fourth-order valence-electron chi connectivity index (χ4n) is 5.39. The van der Waals surface area contributed by atoms with Crippen LogP contribution in [-0.4, -0.2) is 35.5 Å². The normalized spacial score (nSPS) is 30.3. The van der Waals surface area contributed by atoms with E-state index in [0.717, 1.165) is 30.2 Å². The number of fused-ring (bicyclic) bond motifs is 2. The average molecular weight is 370 g/mol. The van der Waals surface area contributed by atoms with Crippen molar-refractivity contribution in [3.8, 4) is 0 Å². The van der Waals surface area contributed by atoms with E-state index in [1.807, 2.05) is 30.3 Å². The summed E-state index contributed by atoms with van der Waals surface area (Å²) in [6.45, 7) is 2.97. The summed E-state index contributed by atoms with van der Waals surface area (Å²) in [4.78, 5) is 27.0. The van der Waals surface area contributed by atoms with Crippen LogP contribution < -0.4 is 5.32 Å². The Balaban J connectivity index is 1.30. The van der Waals surface area contributed by atoms with Crippen LogP contribution in [0.4, 0.5) is 4.79 Å². The summed E-state index contributed by atoms with van der Waals surface area (Å²) in [5, 5.41) is 3.22. The van der Waals surface area contributed by atoms with Crippen LogP contribution >= 0.6 is 0 Å². The second-order valence-corrected chi connectivity index (χ2v) is 8.53. The summed E-state index contributed by atoms with van der Waals surface area (Å²) in [7, 11) is 0. The summed E-state index contributed by atoms with van der Waals surface area (Å²) in [5.41, 5.74) is 0.955. The number of ether oxygens (including phenoxy) is 1. The predicted molar refractivity (Wildman–Crippen MR) is 103 cm³/mol. The molecule has 146 valence electrons. The van der Waals surface area contributed by atoms with E-state index in [2.05, 4.69) is 12.2 Å². The molecule has 2 bridgehead atoms. The van der Waals surface area contributed by atoms with Crippen molar-refractivity contribution in [2.24, 2.45) is 17.8 Å². The molecule has 4 rings (SSSR count). The molecular formula is C22H30N2O3. The van der Waals surface area contributed by atoms with E-state index in [1.165, 1.54) is 25.7 Å². The monoisotopic (exact) mass is 370 g/mol. The molecule has 5 atom stereocenters. The van der Waals surface area contributed by atoms with Gasteiger partial charge in [0.05, 0.1) is 0 Å². The molecule has 0 spiro atoms. The van der Waals surface area contributed by atoms with Gasteiger partial charge in [0.2, 0.25) is 5.91 Å². The summed E-state index contributed by atoms with van der Waals surface area (Å²) in [5.74, 6) is 2.24. The summed E-state index contributed by atoms with van der Waals surface area (Å²) in [6, 6.07) is 9.43. The smallest absolute Gasteiger partial charge is 0.410 e. The number of benzene rings is 1. The lowest BCUT2D eigenvalue weighted by atomic mass is 9.84. The molecule has 2 saturated carbocycles. The van der Waals surface area contributed by atoms with Crippen LogP contribution in [0.15, 0.2) is 30.3 Å². The molecule has 3 fully saturated rings. The minimum atomic E-state index is -0.394. The van der Waals surface area contributed by atoms with Gasteiger partial charge >= 0.3 is 6.09 Å². The zero-order chi connectivity index (χ0) is 18.8. The maximum absolute atomic E-state index is 12.8. The van der Waals surface area contributed by atoms with Crippen molar-refractivity contribution in [2.45, 2.75) is 64.1 Å². The Labute approximate surface area is 161 Å². The molecule has 1 aromatic rings. The fraction of sp³-hybridized carbons (Fsp3) is 0.636. The molecule has 1 aliphatic heterocycles. The van der Waals surface area contributed by atoms with Crippen LogP contribution in [0.3, 0.4) is 0 Å². The summed E-state index contributed by atoms with van der Waals surface area (Å²) < 4.78 is 5.44. The van der Waals surface area contributed by atoms with Gasteiger partial charge in [-0.25, -0.2) is 4.79 Å². The molecule has 1 N–H and O–H groups in total. The molecule has 2 amide bonds. The topological polar surface area (TPSA) is 58.6 Å². The van der Waals surface area contributed by atoms with Crippen molar-refractivity contribution in [3.63, 3.8) is 0 Å². The minimum Gasteiger partial charge on any atom is -0.445 e. The average Bonchev–Trinajstić information content (AvgIpc) is 3.43. The van der Waals surface area contributed by atoms with Crippen molar-refractivity contribution >= 4 is 12.0 Å². The molecule has 2 aliphatic carbocycles. The first-order valence-corrected chi connectivity index (χ1v) is 10.4. The molecular weight excluding hydrogens is 340 g/mol. The third-order valence-electron chi connectivity index (χ3n) is 6.80. The van der Waals surface area contributed by atoms with Gasteiger partial charge in [-0.05, 0) is 62.3 Å². The molecule has 0 aromatic heterocycles. The van der Waals surface area contributed by atoms with Gasteiger partial charge in [0.1, 0.15) is 12.6 Å². The molecule has 3 aliphatic rings. The van der Waals surface area contributed by atoms with E-state index in [0.29, 0.717) is 12.5 Å². The number of amides is 2. The minimum absolute atomic E-state index is 0.0144. The van der Waals surface area contributed by atoms with Gasteiger partial charge in [0.25, 0.3) is 0 Å². The number of nitrogens with one attached hydrogen (secondary N) is 1. The standard InChI is InChI=1S/C22H30N2O3/c1-15(19-13-17-9-10-18(19)12-17)23-21(25)20-8-5-11-24(20)22(26)27-14-16-6-3-2-4-7-16/h2-4,6-7,15,17-20H,5,8-14H2,1H3,(H,23,25). The molecule has 27 heavy (non-hydrogen) atoms. The molecule has 0 radical (unpaired) electrons. The molecule has 5 unspecified atom stereocenters. The van der Waals surface area contributed by atoms with Gasteiger partial charge in [-0.3, -0.25) is 9.69 Å². The number of hydrogen-bond acceptors (Lipinski definition) is 3. The summed E-state index contributed by atoms with van der Waals surface area (Å²) >= 11 is 0. The second-order valence-electron chi connectivity index (χ2n) is 8.53. The van der Waals surface area contributed by atoms with Crippen LogP contribution in [0.2, 0.25) is 0 Å². The number of carbonyl (C=O) groups is 2. The van der Waals surface area contributed by atoms with Crippen LogP contribution in [0, 0.1) is 17.8 Å². The lowest BCUT2D eigenvalue weighted by Gasteiger charge is -2.31. The fourth-order valence-corrected chi connectivity index (χ4v) is 5.39. The van der Waals surface area contributed by atoms with Crippen molar-refractivity contribution in [3.05, 3.63) is 35.9 Å². The van der Waals surface area contributed by atoms with Crippen molar-refractivity contribution in [1.82, 2.24) is 10.2 Å². The van der Waals surface area contributed by atoms with Crippen molar-refractivity contribution in [1.29, 1.82) is 0 Å². The molecule has 1 heterocycles. The highest BCUT2D eigenvalue weighted by molar-refractivity contribution is 5.86. The maximum atomic E-state index is 12.8. The highest BCUT2D eigenvalue weighted by Gasteiger charge is 2.43. The lowest BCUT2D eigenvalue weighted by molar-refractivity contribution is -0.126. The first-order chi connectivity index (χ1) is 13.1. The van der Waals surface area contributed by atoms with Crippen LogP contribution in [-0.2, 0) is 16.1 Å². The Morgan fingerprint density at radius 2 is 2.00 bits per heavy atom. The van der Waals surface area contributed by atoms with Gasteiger partial charge in [0, 0.05) is 12.6 Å². The van der Waals surface area contributed by atoms with Gasteiger partial charge in [-0.2, -0.15) is 0 Å². The van der Waals surface area contributed by atoms with Gasteiger partial charge in [-0.15, -0.1) is 0 Å². The van der Waals surface area contributed by atoms with Crippen molar-refractivity contribution < 1.29 is 14.3 Å². The number of nitrogens with zero attached hydrogens (tertiary/aromatic N) is 1. The first kappa shape index (κ1) is 18.3. The Morgan fingerprint density at radius 1 is 1.19 bits per heavy atom. The lowest BCUT2D eigenvalue weighted by Crippen LogP contribution is -2.50. The second kappa shape index (κ2) is 7.91. The Bertz CT molecular complexity index is 677. The van der Waals surface area contributed by atoms with E-state index >= 15 is 0 Å². The molecule has 5 nitrogen and oxygen atoms in total. The van der Waals surface area contributed by atoms with Gasteiger partial charge < -0.3 is 10.1 Å². The maximum Gasteiger partial charge on any atom is 0.410 e. The number of likely N-dealkylation sites (tertiary alicyclic amines) is 1. The number of rotatable bonds is 5. The highest BCUT2D eigenvalue weighted by atomic mass is 16.6. The Kier molecular flexibility index (Phi) is 5.37. The van der Waals surface area contributed by atoms with Gasteiger partial charge in [0.15, 0.2) is 0 Å². The Hall–Kier alpha value is -2.04. The van der Waals surface area contributed by atoms with E-state index in [9.17, 15) is 9.59 Å². The van der Waals surface area contributed by atoms with Gasteiger partial charge in [-0.1, -0.05) is 36.8 Å². The first-order valence-electron chi connectivity index (χ1n) is 10.4. The zero-order valence-corrected chi connectivity index (χ0v) is 16.1. The zero-order valence-electron chi connectivity index (χ0n) is 16.1. The van der Waals surface area contributed by atoms with E-state index < -0.39 is 6.04 Å². The molecule has 5 heteroatoms. The third kappa shape index (κ3) is 3.97. The number of carbonyl (C=O) groups excluding carboxylic acids is 2. The predicted octanol–water partition coefficient (Wildman–Crippen LogP) is 3.73. The summed E-state index contributed by atoms with van der Waals surface area (Å²) in [6.07, 6.45) is 6.45. The quantitative estimate of drug-likeness (QED) is 0.859. The van der Waals surface area contributed by atoms with Crippen LogP contribution in [0.5, 0.6) is 0 Å². The van der Waals surface area contributed by atoms with Crippen LogP contribution in [0.1, 0.15) is 51.0 Å². The highest BCUT2D eigenvalue weighted by Crippen LogP contribution is 2.49. The van der Waals surface area contributed by atoms with E-state index in [4.69, 9.17) is 4.74 Å². The SMILES string of the molecule is CC(NC(=O)C1CCCN1C(=O)OCc1ccccc1)C1CC2CCC1C2. The van der Waals surface area contributed by atoms with Crippen LogP contribution in [0.25, 0.3) is 0 Å². The van der Waals surface area contributed by atoms with E-state index in [-0.39, 0.29) is 24.6 Å². The molecule has 1 aromatic carbocycles. The van der Waals surface area contributed by atoms with E-state index in [1.54, 1.807) is 4.90 Å². The molecule has 1 saturated heterocycles. The van der Waals surface area contributed by atoms with Crippen molar-refractivity contribution in [2.75, 3.05) is 6.54 Å². The largest absolute Gasteiger partial charge is 0.445 e.